The number of rotatable bonds is 11. The van der Waals surface area contributed by atoms with Gasteiger partial charge in [0.15, 0.2) is 5.96 Å². The molecule has 28 heavy (non-hydrogen) atoms. The summed E-state index contributed by atoms with van der Waals surface area (Å²) in [6, 6.07) is -0.799. The predicted molar refractivity (Wildman–Crippen MR) is 106 cm³/mol. The SMILES string of the molecule is CNC(=N)NCCC[C@H](NC(=O)[C@@H]1CCOC1)C(=O)N[C@@H](CC(C)C)B(O)O. The van der Waals surface area contributed by atoms with Gasteiger partial charge in [-0.15, -0.1) is 0 Å². The molecule has 0 aliphatic carbocycles. The van der Waals surface area contributed by atoms with E-state index in [2.05, 4.69) is 21.3 Å². The molecule has 3 atom stereocenters. The smallest absolute Gasteiger partial charge is 0.426 e. The topological polar surface area (TPSA) is 156 Å². The number of guanidine groups is 1. The molecule has 1 saturated heterocycles. The summed E-state index contributed by atoms with van der Waals surface area (Å²) >= 11 is 0. The fourth-order valence-electron chi connectivity index (χ4n) is 2.95. The van der Waals surface area contributed by atoms with Crippen molar-refractivity contribution >= 4 is 24.9 Å². The molecule has 2 amide bonds. The van der Waals surface area contributed by atoms with E-state index in [-0.39, 0.29) is 23.7 Å². The molecule has 10 nitrogen and oxygen atoms in total. The Bertz CT molecular complexity index is 514. The van der Waals surface area contributed by atoms with E-state index in [0.717, 1.165) is 0 Å². The zero-order chi connectivity index (χ0) is 21.1. The third-order valence-electron chi connectivity index (χ3n) is 4.57. The number of hydrogen-bond donors (Lipinski definition) is 7. The van der Waals surface area contributed by atoms with Crippen molar-refractivity contribution in [3.05, 3.63) is 0 Å². The molecule has 7 N–H and O–H groups in total. The van der Waals surface area contributed by atoms with Crippen LogP contribution in [0.25, 0.3) is 0 Å². The molecule has 1 aliphatic heterocycles. The summed E-state index contributed by atoms with van der Waals surface area (Å²) in [7, 11) is -0.0476. The van der Waals surface area contributed by atoms with Gasteiger partial charge in [0.2, 0.25) is 11.8 Å². The summed E-state index contributed by atoms with van der Waals surface area (Å²) in [5, 5.41) is 37.5. The van der Waals surface area contributed by atoms with Gasteiger partial charge in [0, 0.05) is 20.2 Å². The number of carbonyl (C=O) groups excluding carboxylic acids is 2. The van der Waals surface area contributed by atoms with Crippen molar-refractivity contribution in [1.29, 1.82) is 5.41 Å². The van der Waals surface area contributed by atoms with E-state index in [9.17, 15) is 19.6 Å². The first-order valence-corrected chi connectivity index (χ1v) is 9.79. The quantitative estimate of drug-likeness (QED) is 0.0973. The van der Waals surface area contributed by atoms with E-state index in [1.807, 2.05) is 13.8 Å². The second-order valence-corrected chi connectivity index (χ2v) is 7.47. The molecule has 0 spiro atoms. The second kappa shape index (κ2) is 12.6. The molecular formula is C17H34BN5O5. The fraction of sp³-hybridized carbons (Fsp3) is 0.824. The Kier molecular flexibility index (Phi) is 10.9. The summed E-state index contributed by atoms with van der Waals surface area (Å²) in [6.07, 6.45) is 1.92. The van der Waals surface area contributed by atoms with E-state index in [0.29, 0.717) is 45.4 Å². The van der Waals surface area contributed by atoms with Crippen LogP contribution in [0.3, 0.4) is 0 Å². The molecule has 0 unspecified atom stereocenters. The second-order valence-electron chi connectivity index (χ2n) is 7.47. The van der Waals surface area contributed by atoms with Crippen molar-refractivity contribution in [1.82, 2.24) is 21.3 Å². The number of nitrogens with one attached hydrogen (secondary N) is 5. The third kappa shape index (κ3) is 8.90. The first kappa shape index (κ1) is 24.2. The van der Waals surface area contributed by atoms with Crippen LogP contribution >= 0.6 is 0 Å². The monoisotopic (exact) mass is 399 g/mol. The van der Waals surface area contributed by atoms with Gasteiger partial charge in [0.1, 0.15) is 6.04 Å². The molecule has 1 rings (SSSR count). The summed E-state index contributed by atoms with van der Waals surface area (Å²) in [5.41, 5.74) is 0. The van der Waals surface area contributed by atoms with Crippen LogP contribution in [-0.4, -0.2) is 73.7 Å². The molecule has 0 aromatic rings. The first-order valence-electron chi connectivity index (χ1n) is 9.79. The van der Waals surface area contributed by atoms with Crippen LogP contribution in [0.2, 0.25) is 0 Å². The summed E-state index contributed by atoms with van der Waals surface area (Å²) in [6.45, 7) is 5.17. The maximum Gasteiger partial charge on any atom is 0.475 e. The van der Waals surface area contributed by atoms with Crippen LogP contribution in [0.4, 0.5) is 0 Å². The van der Waals surface area contributed by atoms with Crippen molar-refractivity contribution < 1.29 is 24.4 Å². The lowest BCUT2D eigenvalue weighted by Gasteiger charge is -2.25. The number of amides is 2. The lowest BCUT2D eigenvalue weighted by molar-refractivity contribution is -0.131. The Morgan fingerprint density at radius 3 is 2.54 bits per heavy atom. The van der Waals surface area contributed by atoms with Crippen molar-refractivity contribution in [3.63, 3.8) is 0 Å². The lowest BCUT2D eigenvalue weighted by atomic mass is 9.75. The summed E-state index contributed by atoms with van der Waals surface area (Å²) < 4.78 is 5.23. The van der Waals surface area contributed by atoms with E-state index in [1.54, 1.807) is 7.05 Å². The highest BCUT2D eigenvalue weighted by Gasteiger charge is 2.31. The normalized spacial score (nSPS) is 18.3. The average molecular weight is 399 g/mol. The van der Waals surface area contributed by atoms with Gasteiger partial charge in [-0.1, -0.05) is 13.8 Å². The van der Waals surface area contributed by atoms with Crippen LogP contribution < -0.4 is 21.3 Å². The van der Waals surface area contributed by atoms with E-state index in [4.69, 9.17) is 10.1 Å². The van der Waals surface area contributed by atoms with Crippen LogP contribution in [0, 0.1) is 17.2 Å². The van der Waals surface area contributed by atoms with Gasteiger partial charge in [-0.05, 0) is 31.6 Å². The summed E-state index contributed by atoms with van der Waals surface area (Å²) in [5.74, 6) is -1.44. The van der Waals surface area contributed by atoms with Gasteiger partial charge in [0.25, 0.3) is 0 Å². The largest absolute Gasteiger partial charge is 0.475 e. The first-order chi connectivity index (χ1) is 13.2. The Hall–Kier alpha value is -1.85. The number of ether oxygens (including phenoxy) is 1. The van der Waals surface area contributed by atoms with Gasteiger partial charge in [-0.3, -0.25) is 15.0 Å². The average Bonchev–Trinajstić information content (AvgIpc) is 3.17. The molecule has 1 fully saturated rings. The van der Waals surface area contributed by atoms with Gasteiger partial charge in [0.05, 0.1) is 18.5 Å². The zero-order valence-electron chi connectivity index (χ0n) is 17.0. The van der Waals surface area contributed by atoms with E-state index < -0.39 is 25.0 Å². The van der Waals surface area contributed by atoms with Gasteiger partial charge in [-0.2, -0.15) is 0 Å². The molecule has 11 heteroatoms. The maximum absolute atomic E-state index is 12.7. The molecule has 0 aromatic carbocycles. The fourth-order valence-corrected chi connectivity index (χ4v) is 2.95. The zero-order valence-corrected chi connectivity index (χ0v) is 17.0. The molecular weight excluding hydrogens is 365 g/mol. The highest BCUT2D eigenvalue weighted by Crippen LogP contribution is 2.13. The van der Waals surface area contributed by atoms with Gasteiger partial charge in [-0.25, -0.2) is 0 Å². The molecule has 0 aromatic heterocycles. The van der Waals surface area contributed by atoms with E-state index >= 15 is 0 Å². The highest BCUT2D eigenvalue weighted by molar-refractivity contribution is 6.43. The lowest BCUT2D eigenvalue weighted by Crippen LogP contribution is -2.55. The van der Waals surface area contributed by atoms with Crippen molar-refractivity contribution in [2.24, 2.45) is 11.8 Å². The third-order valence-corrected chi connectivity index (χ3v) is 4.57. The van der Waals surface area contributed by atoms with Crippen molar-refractivity contribution in [3.8, 4) is 0 Å². The minimum Gasteiger partial charge on any atom is -0.426 e. The molecule has 1 heterocycles. The van der Waals surface area contributed by atoms with E-state index in [1.165, 1.54) is 0 Å². The highest BCUT2D eigenvalue weighted by atomic mass is 16.5. The Labute approximate surface area is 166 Å². The minimum absolute atomic E-state index is 0.160. The Balaban J connectivity index is 2.68. The molecule has 0 saturated carbocycles. The van der Waals surface area contributed by atoms with Crippen LogP contribution in [0.1, 0.15) is 39.5 Å². The maximum atomic E-state index is 12.7. The standard InChI is InChI=1S/C17H34BN5O5/c1-11(2)9-14(18(26)27)23-16(25)13(5-4-7-21-17(19)20-3)22-15(24)12-6-8-28-10-12/h11-14,26-27H,4-10H2,1-3H3,(H,22,24)(H,23,25)(H3,19,20,21)/t12-,13+,14+/m1/s1. The molecule has 1 aliphatic rings. The molecule has 0 radical (unpaired) electrons. The number of hydrogen-bond acceptors (Lipinski definition) is 6. The molecule has 160 valence electrons. The molecule has 0 bridgehead atoms. The minimum atomic E-state index is -1.68. The number of carbonyl (C=O) groups is 2. The van der Waals surface area contributed by atoms with Crippen LogP contribution in [-0.2, 0) is 14.3 Å². The Morgan fingerprint density at radius 1 is 1.29 bits per heavy atom. The Morgan fingerprint density at radius 2 is 2.00 bits per heavy atom. The summed E-state index contributed by atoms with van der Waals surface area (Å²) in [4.78, 5) is 25.1. The van der Waals surface area contributed by atoms with Crippen LogP contribution in [0.15, 0.2) is 0 Å². The van der Waals surface area contributed by atoms with Gasteiger partial charge < -0.3 is 36.1 Å². The van der Waals surface area contributed by atoms with Gasteiger partial charge >= 0.3 is 7.12 Å². The van der Waals surface area contributed by atoms with Crippen molar-refractivity contribution in [2.75, 3.05) is 26.8 Å². The van der Waals surface area contributed by atoms with Crippen molar-refractivity contribution in [2.45, 2.75) is 51.5 Å². The van der Waals surface area contributed by atoms with Crippen LogP contribution in [0.5, 0.6) is 0 Å². The predicted octanol–water partition coefficient (Wildman–Crippen LogP) is -1.43.